The molecule has 1 aliphatic heterocycles. The van der Waals surface area contributed by atoms with Gasteiger partial charge in [-0.25, -0.2) is 4.79 Å². The van der Waals surface area contributed by atoms with E-state index < -0.39 is 0 Å². The van der Waals surface area contributed by atoms with Gasteiger partial charge in [-0.1, -0.05) is 13.3 Å². The third-order valence-corrected chi connectivity index (χ3v) is 2.72. The van der Waals surface area contributed by atoms with E-state index in [-0.39, 0.29) is 24.6 Å². The van der Waals surface area contributed by atoms with Gasteiger partial charge in [-0.05, 0) is 6.42 Å². The normalized spacial score (nSPS) is 15.1. The van der Waals surface area contributed by atoms with Crippen LogP contribution in [0.1, 0.15) is 26.2 Å². The van der Waals surface area contributed by atoms with Crippen molar-refractivity contribution >= 4 is 12.1 Å². The largest absolute Gasteiger partial charge is 0.469 e. The topological polar surface area (TPSA) is 65.1 Å². The van der Waals surface area contributed by atoms with Gasteiger partial charge in [-0.15, -0.1) is 0 Å². The van der Waals surface area contributed by atoms with Crippen LogP contribution in [0.4, 0.5) is 4.79 Å². The van der Waals surface area contributed by atoms with Crippen molar-refractivity contribution < 1.29 is 23.8 Å². The first-order valence-corrected chi connectivity index (χ1v) is 6.27. The molecule has 1 heterocycles. The zero-order chi connectivity index (χ0) is 13.4. The van der Waals surface area contributed by atoms with Gasteiger partial charge < -0.3 is 19.1 Å². The van der Waals surface area contributed by atoms with E-state index in [0.29, 0.717) is 26.3 Å². The molecule has 0 aromatic carbocycles. The fourth-order valence-corrected chi connectivity index (χ4v) is 1.50. The molecule has 0 bridgehead atoms. The Balaban J connectivity index is 2.01. The molecule has 1 saturated heterocycles. The molecule has 0 unspecified atom stereocenters. The molecular weight excluding hydrogens is 238 g/mol. The van der Waals surface area contributed by atoms with Gasteiger partial charge in [0.25, 0.3) is 0 Å². The highest BCUT2D eigenvalue weighted by atomic mass is 16.6. The standard InChI is InChI=1S/C12H21NO5/c1-3-4-6-18-12(15)13-8-10(9-13)17-7-5-11(14)16-2/h10H,3-9H2,1-2H3. The van der Waals surface area contributed by atoms with Gasteiger partial charge >= 0.3 is 12.1 Å². The highest BCUT2D eigenvalue weighted by Gasteiger charge is 2.32. The number of amides is 1. The summed E-state index contributed by atoms with van der Waals surface area (Å²) < 4.78 is 15.0. The Morgan fingerprint density at radius 2 is 2.00 bits per heavy atom. The Morgan fingerprint density at radius 3 is 2.61 bits per heavy atom. The average Bonchev–Trinajstić information content (AvgIpc) is 2.31. The molecule has 0 saturated carbocycles. The molecule has 1 fully saturated rings. The van der Waals surface area contributed by atoms with Crippen LogP contribution in [0.25, 0.3) is 0 Å². The number of methoxy groups -OCH3 is 1. The van der Waals surface area contributed by atoms with Crippen LogP contribution < -0.4 is 0 Å². The Labute approximate surface area is 107 Å². The van der Waals surface area contributed by atoms with Crippen LogP contribution in [0.5, 0.6) is 0 Å². The van der Waals surface area contributed by atoms with E-state index in [1.807, 2.05) is 6.92 Å². The molecule has 1 aliphatic rings. The summed E-state index contributed by atoms with van der Waals surface area (Å²) in [5.41, 5.74) is 0. The summed E-state index contributed by atoms with van der Waals surface area (Å²) in [4.78, 5) is 23.9. The second-order valence-electron chi connectivity index (χ2n) is 4.19. The lowest BCUT2D eigenvalue weighted by Gasteiger charge is -2.37. The summed E-state index contributed by atoms with van der Waals surface area (Å²) in [5, 5.41) is 0. The van der Waals surface area contributed by atoms with Crippen molar-refractivity contribution in [3.8, 4) is 0 Å². The van der Waals surface area contributed by atoms with Gasteiger partial charge in [0.1, 0.15) is 0 Å². The van der Waals surface area contributed by atoms with E-state index in [0.717, 1.165) is 12.8 Å². The van der Waals surface area contributed by atoms with Gasteiger partial charge in [0.15, 0.2) is 0 Å². The summed E-state index contributed by atoms with van der Waals surface area (Å²) >= 11 is 0. The Bertz CT molecular complexity index is 276. The molecular formula is C12H21NO5. The molecule has 1 amide bonds. The molecule has 0 atom stereocenters. The van der Waals surface area contributed by atoms with Crippen molar-refractivity contribution in [1.29, 1.82) is 0 Å². The molecule has 0 N–H and O–H groups in total. The third kappa shape index (κ3) is 4.91. The maximum Gasteiger partial charge on any atom is 0.409 e. The average molecular weight is 259 g/mol. The lowest BCUT2D eigenvalue weighted by molar-refractivity contribution is -0.143. The van der Waals surface area contributed by atoms with Gasteiger partial charge in [0.2, 0.25) is 0 Å². The van der Waals surface area contributed by atoms with E-state index in [9.17, 15) is 9.59 Å². The molecule has 6 heteroatoms. The van der Waals surface area contributed by atoms with Crippen LogP contribution in [0, 0.1) is 0 Å². The minimum Gasteiger partial charge on any atom is -0.469 e. The fourth-order valence-electron chi connectivity index (χ4n) is 1.50. The van der Waals surface area contributed by atoms with E-state index in [1.165, 1.54) is 7.11 Å². The summed E-state index contributed by atoms with van der Waals surface area (Å²) in [6.07, 6.45) is 1.86. The number of carbonyl (C=O) groups excluding carboxylic acids is 2. The molecule has 0 aromatic rings. The van der Waals surface area contributed by atoms with Crippen molar-refractivity contribution in [3.63, 3.8) is 0 Å². The van der Waals surface area contributed by atoms with Crippen LogP contribution in [-0.4, -0.2) is 56.5 Å². The van der Waals surface area contributed by atoms with Crippen LogP contribution in [0.2, 0.25) is 0 Å². The van der Waals surface area contributed by atoms with Crippen LogP contribution in [-0.2, 0) is 19.0 Å². The summed E-state index contributed by atoms with van der Waals surface area (Å²) in [5.74, 6) is -0.287. The maximum atomic E-state index is 11.4. The fraction of sp³-hybridized carbons (Fsp3) is 0.833. The number of ether oxygens (including phenoxy) is 3. The highest BCUT2D eigenvalue weighted by molar-refractivity contribution is 5.69. The number of rotatable bonds is 7. The quantitative estimate of drug-likeness (QED) is 0.507. The Hall–Kier alpha value is -1.30. The van der Waals surface area contributed by atoms with Gasteiger partial charge in [0.05, 0.1) is 45.9 Å². The van der Waals surface area contributed by atoms with Gasteiger partial charge in [-0.3, -0.25) is 4.79 Å². The van der Waals surface area contributed by atoms with Crippen molar-refractivity contribution in [3.05, 3.63) is 0 Å². The molecule has 6 nitrogen and oxygen atoms in total. The first-order valence-electron chi connectivity index (χ1n) is 6.27. The van der Waals surface area contributed by atoms with E-state index in [4.69, 9.17) is 9.47 Å². The molecule has 0 radical (unpaired) electrons. The summed E-state index contributed by atoms with van der Waals surface area (Å²) in [6, 6.07) is 0. The summed E-state index contributed by atoms with van der Waals surface area (Å²) in [7, 11) is 1.35. The Kier molecular flexibility index (Phi) is 6.49. The van der Waals surface area contributed by atoms with Crippen molar-refractivity contribution in [2.45, 2.75) is 32.3 Å². The first kappa shape index (κ1) is 14.8. The Morgan fingerprint density at radius 1 is 1.28 bits per heavy atom. The van der Waals surface area contributed by atoms with Gasteiger partial charge in [-0.2, -0.15) is 0 Å². The number of likely N-dealkylation sites (tertiary alicyclic amines) is 1. The lowest BCUT2D eigenvalue weighted by Crippen LogP contribution is -2.55. The minimum absolute atomic E-state index is 0.00776. The lowest BCUT2D eigenvalue weighted by atomic mass is 10.2. The van der Waals surface area contributed by atoms with Crippen molar-refractivity contribution in [1.82, 2.24) is 4.90 Å². The zero-order valence-electron chi connectivity index (χ0n) is 11.0. The minimum atomic E-state index is -0.287. The maximum absolute atomic E-state index is 11.4. The number of hydrogen-bond acceptors (Lipinski definition) is 5. The van der Waals surface area contributed by atoms with Crippen molar-refractivity contribution in [2.75, 3.05) is 33.4 Å². The van der Waals surface area contributed by atoms with Crippen LogP contribution in [0.3, 0.4) is 0 Å². The number of hydrogen-bond donors (Lipinski definition) is 0. The SMILES string of the molecule is CCCCOC(=O)N1CC(OCCC(=O)OC)C1. The first-order chi connectivity index (χ1) is 8.67. The predicted octanol–water partition coefficient (Wildman–Crippen LogP) is 1.19. The molecule has 0 spiro atoms. The second-order valence-corrected chi connectivity index (χ2v) is 4.19. The molecule has 104 valence electrons. The third-order valence-electron chi connectivity index (χ3n) is 2.72. The van der Waals surface area contributed by atoms with E-state index in [1.54, 1.807) is 4.90 Å². The van der Waals surface area contributed by atoms with Gasteiger partial charge in [0, 0.05) is 0 Å². The molecule has 18 heavy (non-hydrogen) atoms. The number of unbranched alkanes of at least 4 members (excludes halogenated alkanes) is 1. The predicted molar refractivity (Wildman–Crippen MR) is 64.2 cm³/mol. The van der Waals surface area contributed by atoms with Crippen molar-refractivity contribution in [2.24, 2.45) is 0 Å². The molecule has 0 aliphatic carbocycles. The number of carbonyl (C=O) groups is 2. The highest BCUT2D eigenvalue weighted by Crippen LogP contribution is 2.13. The van der Waals surface area contributed by atoms with E-state index >= 15 is 0 Å². The van der Waals surface area contributed by atoms with E-state index in [2.05, 4.69) is 4.74 Å². The second kappa shape index (κ2) is 7.92. The smallest absolute Gasteiger partial charge is 0.409 e. The monoisotopic (exact) mass is 259 g/mol. The van der Waals surface area contributed by atoms with Crippen LogP contribution >= 0.6 is 0 Å². The zero-order valence-corrected chi connectivity index (χ0v) is 11.0. The number of esters is 1. The molecule has 1 rings (SSSR count). The molecule has 0 aromatic heterocycles. The van der Waals surface area contributed by atoms with Crippen LogP contribution in [0.15, 0.2) is 0 Å². The number of nitrogens with zero attached hydrogens (tertiary/aromatic N) is 1. The summed E-state index contributed by atoms with van der Waals surface area (Å²) in [6.45, 7) is 3.91.